The van der Waals surface area contributed by atoms with Gasteiger partial charge >= 0.3 is 0 Å². The lowest BCUT2D eigenvalue weighted by molar-refractivity contribution is 0.102. The maximum Gasteiger partial charge on any atom is 0.257 e. The third kappa shape index (κ3) is 3.79. The van der Waals surface area contributed by atoms with Gasteiger partial charge in [0.2, 0.25) is 0 Å². The number of hydrogen-bond donors (Lipinski definition) is 2. The van der Waals surface area contributed by atoms with Crippen LogP contribution in [-0.4, -0.2) is 17.6 Å². The van der Waals surface area contributed by atoms with E-state index in [9.17, 15) is 4.79 Å². The third-order valence-corrected chi connectivity index (χ3v) is 3.73. The summed E-state index contributed by atoms with van der Waals surface area (Å²) >= 11 is 0. The van der Waals surface area contributed by atoms with Crippen molar-refractivity contribution in [1.29, 1.82) is 0 Å². The number of aromatic nitrogens is 1. The first kappa shape index (κ1) is 18.9. The molecule has 1 heterocycles. The molecule has 2 rings (SSSR count). The Kier molecular flexibility index (Phi) is 6.10. The summed E-state index contributed by atoms with van der Waals surface area (Å²) in [5, 5.41) is 2.88. The fourth-order valence-electron chi connectivity index (χ4n) is 2.81. The van der Waals surface area contributed by atoms with Crippen molar-refractivity contribution in [3.63, 3.8) is 0 Å². The lowest BCUT2D eigenvalue weighted by atomic mass is 10.2. The number of anilines is 2. The van der Waals surface area contributed by atoms with Gasteiger partial charge in [0.25, 0.3) is 5.91 Å². The van der Waals surface area contributed by atoms with Crippen molar-refractivity contribution >= 4 is 29.7 Å². The van der Waals surface area contributed by atoms with Crippen LogP contribution in [0.1, 0.15) is 41.6 Å². The highest BCUT2D eigenvalue weighted by molar-refractivity contribution is 6.05. The van der Waals surface area contributed by atoms with E-state index in [1.807, 2.05) is 19.9 Å². The van der Waals surface area contributed by atoms with Crippen LogP contribution in [0, 0.1) is 13.8 Å². The van der Waals surface area contributed by atoms with Gasteiger partial charge in [-0.15, -0.1) is 12.4 Å². The molecule has 0 aliphatic carbocycles. The first-order chi connectivity index (χ1) is 10.3. The Hall–Kier alpha value is -2.14. The number of carbonyl (C=O) groups excluding carboxylic acids is 1. The van der Waals surface area contributed by atoms with Gasteiger partial charge in [0.05, 0.1) is 18.4 Å². The van der Waals surface area contributed by atoms with Crippen LogP contribution in [-0.2, 0) is 0 Å². The highest BCUT2D eigenvalue weighted by atomic mass is 35.5. The maximum atomic E-state index is 12.5. The molecule has 1 aromatic carbocycles. The Labute approximate surface area is 143 Å². The standard InChI is InChI=1S/C17H23N3O2.ClH/c1-10(2)20-11(3)8-14(12(20)4)17(21)19-13-6-7-16(22-5)15(18)9-13;/h6-10H,18H2,1-5H3,(H,19,21);1H. The summed E-state index contributed by atoms with van der Waals surface area (Å²) in [6.07, 6.45) is 0. The monoisotopic (exact) mass is 337 g/mol. The highest BCUT2D eigenvalue weighted by Crippen LogP contribution is 2.26. The molecular weight excluding hydrogens is 314 g/mol. The predicted molar refractivity (Wildman–Crippen MR) is 96.9 cm³/mol. The molecule has 0 fully saturated rings. The van der Waals surface area contributed by atoms with E-state index in [1.165, 1.54) is 0 Å². The minimum atomic E-state index is -0.135. The topological polar surface area (TPSA) is 69.3 Å². The second kappa shape index (κ2) is 7.42. The van der Waals surface area contributed by atoms with Crippen molar-refractivity contribution in [1.82, 2.24) is 4.57 Å². The molecular formula is C17H24ClN3O2. The zero-order valence-electron chi connectivity index (χ0n) is 14.1. The number of nitrogen functional groups attached to an aromatic ring is 1. The van der Waals surface area contributed by atoms with Gasteiger partial charge in [0.1, 0.15) is 5.75 Å². The van der Waals surface area contributed by atoms with Gasteiger partial charge in [0.15, 0.2) is 0 Å². The van der Waals surface area contributed by atoms with Gasteiger partial charge in [-0.25, -0.2) is 0 Å². The largest absolute Gasteiger partial charge is 0.495 e. The van der Waals surface area contributed by atoms with Crippen molar-refractivity contribution in [2.75, 3.05) is 18.2 Å². The molecule has 0 bridgehead atoms. The Morgan fingerprint density at radius 1 is 1.26 bits per heavy atom. The number of hydrogen-bond acceptors (Lipinski definition) is 3. The predicted octanol–water partition coefficient (Wildman–Crippen LogP) is 3.95. The van der Waals surface area contributed by atoms with Crippen molar-refractivity contribution in [3.05, 3.63) is 41.2 Å². The van der Waals surface area contributed by atoms with E-state index < -0.39 is 0 Å². The molecule has 0 saturated heterocycles. The molecule has 0 spiro atoms. The molecule has 3 N–H and O–H groups in total. The zero-order valence-corrected chi connectivity index (χ0v) is 15.0. The maximum absolute atomic E-state index is 12.5. The fourth-order valence-corrected chi connectivity index (χ4v) is 2.81. The molecule has 1 aromatic heterocycles. The minimum absolute atomic E-state index is 0. The van der Waals surface area contributed by atoms with Crippen LogP contribution in [0.25, 0.3) is 0 Å². The molecule has 0 aliphatic heterocycles. The highest BCUT2D eigenvalue weighted by Gasteiger charge is 2.17. The summed E-state index contributed by atoms with van der Waals surface area (Å²) in [7, 11) is 1.56. The lowest BCUT2D eigenvalue weighted by Crippen LogP contribution is -2.14. The summed E-state index contributed by atoms with van der Waals surface area (Å²) in [4.78, 5) is 12.5. The van der Waals surface area contributed by atoms with Crippen LogP contribution in [0.4, 0.5) is 11.4 Å². The van der Waals surface area contributed by atoms with E-state index in [1.54, 1.807) is 25.3 Å². The lowest BCUT2D eigenvalue weighted by Gasteiger charge is -2.14. The molecule has 0 atom stereocenters. The number of nitrogens with one attached hydrogen (secondary N) is 1. The number of ether oxygens (including phenoxy) is 1. The summed E-state index contributed by atoms with van der Waals surface area (Å²) in [6, 6.07) is 7.44. The minimum Gasteiger partial charge on any atom is -0.495 e. The Morgan fingerprint density at radius 2 is 1.91 bits per heavy atom. The SMILES string of the molecule is COc1ccc(NC(=O)c2cc(C)n(C(C)C)c2C)cc1N.Cl. The van der Waals surface area contributed by atoms with Crippen LogP contribution >= 0.6 is 12.4 Å². The van der Waals surface area contributed by atoms with Gasteiger partial charge in [-0.05, 0) is 52.0 Å². The van der Waals surface area contributed by atoms with E-state index in [0.717, 1.165) is 11.4 Å². The second-order valence-corrected chi connectivity index (χ2v) is 5.66. The number of rotatable bonds is 4. The van der Waals surface area contributed by atoms with Gasteiger partial charge in [0, 0.05) is 23.1 Å². The van der Waals surface area contributed by atoms with Crippen molar-refractivity contribution in [2.45, 2.75) is 33.7 Å². The summed E-state index contributed by atoms with van der Waals surface area (Å²) in [6.45, 7) is 8.18. The first-order valence-corrected chi connectivity index (χ1v) is 7.28. The molecule has 5 nitrogen and oxygen atoms in total. The summed E-state index contributed by atoms with van der Waals surface area (Å²) in [5.74, 6) is 0.459. The number of halogens is 1. The number of carbonyl (C=O) groups is 1. The Bertz CT molecular complexity index is 708. The number of nitrogens with zero attached hydrogens (tertiary/aromatic N) is 1. The number of amides is 1. The zero-order chi connectivity index (χ0) is 16.4. The summed E-state index contributed by atoms with van der Waals surface area (Å²) < 4.78 is 7.26. The smallest absolute Gasteiger partial charge is 0.257 e. The summed E-state index contributed by atoms with van der Waals surface area (Å²) in [5.41, 5.74) is 9.73. The second-order valence-electron chi connectivity index (χ2n) is 5.66. The fraction of sp³-hybridized carbons (Fsp3) is 0.353. The normalized spacial score (nSPS) is 10.3. The van der Waals surface area contributed by atoms with Gasteiger partial charge < -0.3 is 20.4 Å². The van der Waals surface area contributed by atoms with Crippen molar-refractivity contribution < 1.29 is 9.53 Å². The molecule has 0 saturated carbocycles. The molecule has 0 aliphatic rings. The Morgan fingerprint density at radius 3 is 2.39 bits per heavy atom. The van der Waals surface area contributed by atoms with E-state index in [4.69, 9.17) is 10.5 Å². The quantitative estimate of drug-likeness (QED) is 0.830. The Balaban J connectivity index is 0.00000264. The molecule has 2 aromatic rings. The van der Waals surface area contributed by atoms with Crippen LogP contribution in [0.15, 0.2) is 24.3 Å². The van der Waals surface area contributed by atoms with Gasteiger partial charge in [-0.2, -0.15) is 0 Å². The number of aryl methyl sites for hydroxylation is 1. The van der Waals surface area contributed by atoms with Crippen LogP contribution in [0.5, 0.6) is 5.75 Å². The average Bonchev–Trinajstić information content (AvgIpc) is 2.74. The molecule has 0 radical (unpaired) electrons. The van der Waals surface area contributed by atoms with Crippen LogP contribution < -0.4 is 15.8 Å². The average molecular weight is 338 g/mol. The molecule has 1 amide bonds. The van der Waals surface area contributed by atoms with Crippen molar-refractivity contribution in [3.8, 4) is 5.75 Å². The van der Waals surface area contributed by atoms with Crippen molar-refractivity contribution in [2.24, 2.45) is 0 Å². The first-order valence-electron chi connectivity index (χ1n) is 7.28. The number of nitrogens with two attached hydrogens (primary N) is 1. The molecule has 6 heteroatoms. The molecule has 126 valence electrons. The van der Waals surface area contributed by atoms with E-state index in [2.05, 4.69) is 23.7 Å². The molecule has 0 unspecified atom stereocenters. The van der Waals surface area contributed by atoms with Crippen LogP contribution in [0.2, 0.25) is 0 Å². The third-order valence-electron chi connectivity index (χ3n) is 3.73. The van der Waals surface area contributed by atoms with E-state index in [-0.39, 0.29) is 18.3 Å². The van der Waals surface area contributed by atoms with E-state index >= 15 is 0 Å². The number of benzene rings is 1. The van der Waals surface area contributed by atoms with Crippen LogP contribution in [0.3, 0.4) is 0 Å². The molecule has 23 heavy (non-hydrogen) atoms. The van der Waals surface area contributed by atoms with Gasteiger partial charge in [-0.1, -0.05) is 0 Å². The van der Waals surface area contributed by atoms with Gasteiger partial charge in [-0.3, -0.25) is 4.79 Å². The number of methoxy groups -OCH3 is 1. The van der Waals surface area contributed by atoms with E-state index in [0.29, 0.717) is 28.7 Å².